The molecule has 0 aliphatic carbocycles. The maximum Gasteiger partial charge on any atom is 0.317 e. The summed E-state index contributed by atoms with van der Waals surface area (Å²) in [4.78, 5) is 25.4. The zero-order valence-corrected chi connectivity index (χ0v) is 11.2. The smallest absolute Gasteiger partial charge is 0.317 e. The van der Waals surface area contributed by atoms with Crippen LogP contribution >= 0.6 is 0 Å². The van der Waals surface area contributed by atoms with E-state index in [4.69, 9.17) is 0 Å². The molecular formula is C15H19NO3. The molecule has 1 aromatic carbocycles. The van der Waals surface area contributed by atoms with E-state index in [0.717, 1.165) is 19.5 Å². The fourth-order valence-corrected chi connectivity index (χ4v) is 2.38. The standard InChI is InChI=1S/C15H19NO3/c1-19-15(18)13-11-16(10-8-14(13)17)9-7-12-5-3-2-4-6-12/h2-6,13H,7-11H2,1H3. The van der Waals surface area contributed by atoms with E-state index in [2.05, 4.69) is 21.8 Å². The summed E-state index contributed by atoms with van der Waals surface area (Å²) in [6.07, 6.45) is 1.37. The van der Waals surface area contributed by atoms with Crippen molar-refractivity contribution in [2.75, 3.05) is 26.7 Å². The number of Topliss-reactive ketones (excluding diaryl/α,β-unsaturated/α-hetero) is 1. The Labute approximate surface area is 113 Å². The van der Waals surface area contributed by atoms with Gasteiger partial charge in [-0.1, -0.05) is 30.3 Å². The van der Waals surface area contributed by atoms with Crippen LogP contribution in [0.25, 0.3) is 0 Å². The molecule has 0 aromatic heterocycles. The molecule has 1 aromatic rings. The van der Waals surface area contributed by atoms with Gasteiger partial charge in [0.15, 0.2) is 0 Å². The summed E-state index contributed by atoms with van der Waals surface area (Å²) >= 11 is 0. The Morgan fingerprint density at radius 1 is 1.37 bits per heavy atom. The molecule has 1 aliphatic heterocycles. The van der Waals surface area contributed by atoms with Crippen molar-refractivity contribution >= 4 is 11.8 Å². The minimum Gasteiger partial charge on any atom is -0.468 e. The number of likely N-dealkylation sites (tertiary alicyclic amines) is 1. The first-order chi connectivity index (χ1) is 9.20. The van der Waals surface area contributed by atoms with Gasteiger partial charge in [0.1, 0.15) is 11.7 Å². The number of piperidine rings is 1. The van der Waals surface area contributed by atoms with Gasteiger partial charge in [-0.3, -0.25) is 9.59 Å². The van der Waals surface area contributed by atoms with Gasteiger partial charge in [-0.2, -0.15) is 0 Å². The normalized spacial score (nSPS) is 20.3. The largest absolute Gasteiger partial charge is 0.468 e. The zero-order chi connectivity index (χ0) is 13.7. The van der Waals surface area contributed by atoms with E-state index in [1.807, 2.05) is 18.2 Å². The molecule has 1 atom stereocenters. The van der Waals surface area contributed by atoms with Crippen LogP contribution in [0.3, 0.4) is 0 Å². The molecule has 1 saturated heterocycles. The number of hydrogen-bond acceptors (Lipinski definition) is 4. The molecule has 1 fully saturated rings. The highest BCUT2D eigenvalue weighted by Crippen LogP contribution is 2.15. The van der Waals surface area contributed by atoms with Crippen molar-refractivity contribution in [1.82, 2.24) is 4.90 Å². The van der Waals surface area contributed by atoms with Crippen LogP contribution in [0.1, 0.15) is 12.0 Å². The third-order valence-corrected chi connectivity index (χ3v) is 3.55. The molecule has 4 heteroatoms. The lowest BCUT2D eigenvalue weighted by Gasteiger charge is -2.30. The molecule has 0 radical (unpaired) electrons. The predicted octanol–water partition coefficient (Wildman–Crippen LogP) is 1.29. The topological polar surface area (TPSA) is 46.6 Å². The number of ether oxygens (including phenoxy) is 1. The molecule has 0 spiro atoms. The summed E-state index contributed by atoms with van der Waals surface area (Å²) < 4.78 is 4.68. The Kier molecular flexibility index (Phi) is 4.68. The third kappa shape index (κ3) is 3.64. The number of rotatable bonds is 4. The van der Waals surface area contributed by atoms with Crippen LogP contribution in [0.2, 0.25) is 0 Å². The SMILES string of the molecule is COC(=O)C1CN(CCc2ccccc2)CCC1=O. The van der Waals surface area contributed by atoms with E-state index < -0.39 is 11.9 Å². The highest BCUT2D eigenvalue weighted by Gasteiger charge is 2.33. The van der Waals surface area contributed by atoms with Crippen molar-refractivity contribution in [3.63, 3.8) is 0 Å². The fraction of sp³-hybridized carbons (Fsp3) is 0.467. The van der Waals surface area contributed by atoms with Crippen LogP contribution in [0.5, 0.6) is 0 Å². The molecule has 0 amide bonds. The summed E-state index contributed by atoms with van der Waals surface area (Å²) in [5, 5.41) is 0. The van der Waals surface area contributed by atoms with Gasteiger partial charge in [0.2, 0.25) is 0 Å². The molecule has 0 saturated carbocycles. The van der Waals surface area contributed by atoms with E-state index in [1.54, 1.807) is 0 Å². The van der Waals surface area contributed by atoms with Crippen molar-refractivity contribution in [1.29, 1.82) is 0 Å². The second kappa shape index (κ2) is 6.48. The van der Waals surface area contributed by atoms with Gasteiger partial charge in [0, 0.05) is 26.1 Å². The molecule has 102 valence electrons. The van der Waals surface area contributed by atoms with E-state index in [1.165, 1.54) is 12.7 Å². The number of methoxy groups -OCH3 is 1. The number of carbonyl (C=O) groups excluding carboxylic acids is 2. The van der Waals surface area contributed by atoms with Crippen LogP contribution in [-0.2, 0) is 20.7 Å². The molecule has 1 heterocycles. The third-order valence-electron chi connectivity index (χ3n) is 3.55. The molecule has 19 heavy (non-hydrogen) atoms. The number of benzene rings is 1. The van der Waals surface area contributed by atoms with Gasteiger partial charge in [-0.05, 0) is 12.0 Å². The zero-order valence-electron chi connectivity index (χ0n) is 11.2. The second-order valence-corrected chi connectivity index (χ2v) is 4.83. The summed E-state index contributed by atoms with van der Waals surface area (Å²) in [6, 6.07) is 10.2. The van der Waals surface area contributed by atoms with Gasteiger partial charge >= 0.3 is 5.97 Å². The highest BCUT2D eigenvalue weighted by molar-refractivity contribution is 5.99. The van der Waals surface area contributed by atoms with Gasteiger partial charge in [0.25, 0.3) is 0 Å². The number of esters is 1. The Balaban J connectivity index is 1.88. The Hall–Kier alpha value is -1.68. The van der Waals surface area contributed by atoms with Gasteiger partial charge < -0.3 is 9.64 Å². The van der Waals surface area contributed by atoms with Crippen LogP contribution in [0, 0.1) is 5.92 Å². The molecule has 0 bridgehead atoms. The van der Waals surface area contributed by atoms with E-state index in [-0.39, 0.29) is 5.78 Å². The highest BCUT2D eigenvalue weighted by atomic mass is 16.5. The first-order valence-corrected chi connectivity index (χ1v) is 6.57. The second-order valence-electron chi connectivity index (χ2n) is 4.83. The maximum atomic E-state index is 11.7. The number of ketones is 1. The van der Waals surface area contributed by atoms with Crippen molar-refractivity contribution < 1.29 is 14.3 Å². The van der Waals surface area contributed by atoms with Crippen molar-refractivity contribution in [2.24, 2.45) is 5.92 Å². The summed E-state index contributed by atoms with van der Waals surface area (Å²) in [7, 11) is 1.33. The Morgan fingerprint density at radius 3 is 2.79 bits per heavy atom. The fourth-order valence-electron chi connectivity index (χ4n) is 2.38. The summed E-state index contributed by atoms with van der Waals surface area (Å²) in [5.74, 6) is -1.01. The first kappa shape index (κ1) is 13.7. The van der Waals surface area contributed by atoms with Crippen LogP contribution in [0.4, 0.5) is 0 Å². The van der Waals surface area contributed by atoms with Crippen molar-refractivity contribution in [2.45, 2.75) is 12.8 Å². The quantitative estimate of drug-likeness (QED) is 0.605. The van der Waals surface area contributed by atoms with Crippen molar-refractivity contribution in [3.8, 4) is 0 Å². The molecule has 1 unspecified atom stereocenters. The number of hydrogen-bond donors (Lipinski definition) is 0. The van der Waals surface area contributed by atoms with Gasteiger partial charge in [0.05, 0.1) is 7.11 Å². The van der Waals surface area contributed by atoms with Gasteiger partial charge in [-0.15, -0.1) is 0 Å². The minimum absolute atomic E-state index is 0.00260. The lowest BCUT2D eigenvalue weighted by atomic mass is 9.96. The van der Waals surface area contributed by atoms with E-state index in [9.17, 15) is 9.59 Å². The van der Waals surface area contributed by atoms with Gasteiger partial charge in [-0.25, -0.2) is 0 Å². The van der Waals surface area contributed by atoms with E-state index >= 15 is 0 Å². The minimum atomic E-state index is -0.602. The van der Waals surface area contributed by atoms with E-state index in [0.29, 0.717) is 13.0 Å². The monoisotopic (exact) mass is 261 g/mol. The Morgan fingerprint density at radius 2 is 2.11 bits per heavy atom. The van der Waals surface area contributed by atoms with Crippen LogP contribution in [0.15, 0.2) is 30.3 Å². The predicted molar refractivity (Wildman–Crippen MR) is 71.7 cm³/mol. The van der Waals surface area contributed by atoms with Crippen LogP contribution < -0.4 is 0 Å². The Bertz CT molecular complexity index is 436. The molecule has 4 nitrogen and oxygen atoms in total. The average Bonchev–Trinajstić information content (AvgIpc) is 2.46. The first-order valence-electron chi connectivity index (χ1n) is 6.57. The summed E-state index contributed by atoms with van der Waals surface area (Å²) in [5.41, 5.74) is 1.27. The molecule has 2 rings (SSSR count). The average molecular weight is 261 g/mol. The molecule has 0 N–H and O–H groups in total. The number of carbonyl (C=O) groups is 2. The van der Waals surface area contributed by atoms with Crippen LogP contribution in [-0.4, -0.2) is 43.4 Å². The lowest BCUT2D eigenvalue weighted by molar-refractivity contribution is -0.151. The summed E-state index contributed by atoms with van der Waals surface area (Å²) in [6.45, 7) is 2.09. The molecule has 1 aliphatic rings. The lowest BCUT2D eigenvalue weighted by Crippen LogP contribution is -2.45. The number of nitrogens with zero attached hydrogens (tertiary/aromatic N) is 1. The van der Waals surface area contributed by atoms with Crippen molar-refractivity contribution in [3.05, 3.63) is 35.9 Å². The molecular weight excluding hydrogens is 242 g/mol. The maximum absolute atomic E-state index is 11.7.